The van der Waals surface area contributed by atoms with Gasteiger partial charge in [-0.05, 0) is 13.8 Å². The summed E-state index contributed by atoms with van der Waals surface area (Å²) in [6.45, 7) is 5.57. The Kier molecular flexibility index (Phi) is 3.79. The summed E-state index contributed by atoms with van der Waals surface area (Å²) < 4.78 is 25.3. The van der Waals surface area contributed by atoms with Gasteiger partial charge in [-0.2, -0.15) is 0 Å². The van der Waals surface area contributed by atoms with Crippen LogP contribution in [0.25, 0.3) is 0 Å². The van der Waals surface area contributed by atoms with Crippen molar-refractivity contribution >= 4 is 27.3 Å². The average Bonchev–Trinajstić information content (AvgIpc) is 3.10. The molecule has 0 radical (unpaired) electrons. The molecule has 0 N–H and O–H groups in total. The number of carbonyl (C=O) groups is 1. The summed E-state index contributed by atoms with van der Waals surface area (Å²) in [7, 11) is -3.18. The maximum atomic E-state index is 12.4. The zero-order valence-electron chi connectivity index (χ0n) is 12.2. The van der Waals surface area contributed by atoms with E-state index in [4.69, 9.17) is 0 Å². The normalized spacial score (nSPS) is 26.6. The van der Waals surface area contributed by atoms with Gasteiger partial charge in [-0.3, -0.25) is 4.79 Å². The van der Waals surface area contributed by atoms with Gasteiger partial charge in [-0.15, -0.1) is 11.3 Å². The van der Waals surface area contributed by atoms with Crippen LogP contribution in [0.2, 0.25) is 0 Å². The molecule has 116 valence electrons. The molecule has 0 bridgehead atoms. The SMILES string of the molecule is CCS(=O)(=O)N1C[C@H]2CN(Cc3csc(C)n3)C(=O)[C@H]2C1. The molecule has 2 fully saturated rings. The Morgan fingerprint density at radius 1 is 1.38 bits per heavy atom. The lowest BCUT2D eigenvalue weighted by Gasteiger charge is -2.20. The molecule has 1 aromatic heterocycles. The minimum Gasteiger partial charge on any atom is -0.336 e. The lowest BCUT2D eigenvalue weighted by Crippen LogP contribution is -2.36. The predicted molar refractivity (Wildman–Crippen MR) is 80.3 cm³/mol. The quantitative estimate of drug-likeness (QED) is 0.815. The van der Waals surface area contributed by atoms with Gasteiger partial charge in [0, 0.05) is 30.9 Å². The summed E-state index contributed by atoms with van der Waals surface area (Å²) in [4.78, 5) is 18.6. The summed E-state index contributed by atoms with van der Waals surface area (Å²) in [5.74, 6) is 0.117. The first kappa shape index (κ1) is 14.9. The second kappa shape index (κ2) is 5.33. The molecule has 2 saturated heterocycles. The Hall–Kier alpha value is -0.990. The molecule has 0 aromatic carbocycles. The maximum Gasteiger partial charge on any atom is 0.227 e. The van der Waals surface area contributed by atoms with Crippen LogP contribution < -0.4 is 0 Å². The van der Waals surface area contributed by atoms with Gasteiger partial charge in [0.05, 0.1) is 28.9 Å². The zero-order chi connectivity index (χ0) is 15.2. The number of rotatable bonds is 4. The second-order valence-corrected chi connectivity index (χ2v) is 8.98. The molecule has 1 aromatic rings. The van der Waals surface area contributed by atoms with Crippen molar-refractivity contribution in [2.75, 3.05) is 25.4 Å². The molecule has 0 unspecified atom stereocenters. The third kappa shape index (κ3) is 2.72. The number of aryl methyl sites for hydroxylation is 1. The van der Waals surface area contributed by atoms with Crippen molar-refractivity contribution in [1.29, 1.82) is 0 Å². The van der Waals surface area contributed by atoms with E-state index in [9.17, 15) is 13.2 Å². The summed E-state index contributed by atoms with van der Waals surface area (Å²) >= 11 is 1.58. The lowest BCUT2D eigenvalue weighted by molar-refractivity contribution is -0.131. The molecule has 0 spiro atoms. The standard InChI is InChI=1S/C13H19N3O3S2/c1-3-21(18,19)16-5-10-4-15(13(17)12(10)7-16)6-11-8-20-9(2)14-11/h8,10,12H,3-7H2,1-2H3/t10-,12+/m1/s1. The van der Waals surface area contributed by atoms with E-state index in [0.29, 0.717) is 26.2 Å². The minimum atomic E-state index is -3.18. The Labute approximate surface area is 128 Å². The van der Waals surface area contributed by atoms with Crippen LogP contribution in [0.5, 0.6) is 0 Å². The van der Waals surface area contributed by atoms with Crippen LogP contribution in [0.1, 0.15) is 17.6 Å². The lowest BCUT2D eigenvalue weighted by atomic mass is 10.0. The molecule has 0 saturated carbocycles. The van der Waals surface area contributed by atoms with E-state index in [1.807, 2.05) is 17.2 Å². The molecule has 0 aliphatic carbocycles. The third-order valence-electron chi connectivity index (χ3n) is 4.27. The van der Waals surface area contributed by atoms with Crippen LogP contribution in [0.4, 0.5) is 0 Å². The van der Waals surface area contributed by atoms with E-state index >= 15 is 0 Å². The molecule has 2 atom stereocenters. The number of hydrogen-bond donors (Lipinski definition) is 0. The number of sulfonamides is 1. The molecule has 1 amide bonds. The molecule has 3 rings (SSSR count). The average molecular weight is 329 g/mol. The number of hydrogen-bond acceptors (Lipinski definition) is 5. The first-order valence-electron chi connectivity index (χ1n) is 7.08. The van der Waals surface area contributed by atoms with Crippen LogP contribution in [-0.2, 0) is 21.4 Å². The Morgan fingerprint density at radius 2 is 2.14 bits per heavy atom. The van der Waals surface area contributed by atoms with Crippen molar-refractivity contribution in [3.63, 3.8) is 0 Å². The van der Waals surface area contributed by atoms with Gasteiger partial charge in [0.25, 0.3) is 0 Å². The van der Waals surface area contributed by atoms with Crippen molar-refractivity contribution in [2.24, 2.45) is 11.8 Å². The van der Waals surface area contributed by atoms with Crippen LogP contribution in [0.3, 0.4) is 0 Å². The maximum absolute atomic E-state index is 12.4. The van der Waals surface area contributed by atoms with Crippen molar-refractivity contribution < 1.29 is 13.2 Å². The fourth-order valence-corrected chi connectivity index (χ4v) is 4.91. The smallest absolute Gasteiger partial charge is 0.227 e. The highest BCUT2D eigenvalue weighted by Crippen LogP contribution is 2.34. The van der Waals surface area contributed by atoms with Gasteiger partial charge in [-0.25, -0.2) is 17.7 Å². The van der Waals surface area contributed by atoms with E-state index in [0.717, 1.165) is 10.7 Å². The van der Waals surface area contributed by atoms with Crippen molar-refractivity contribution in [3.8, 4) is 0 Å². The fourth-order valence-electron chi connectivity index (χ4n) is 3.13. The topological polar surface area (TPSA) is 70.6 Å². The Balaban J connectivity index is 1.67. The van der Waals surface area contributed by atoms with Gasteiger partial charge in [0.1, 0.15) is 0 Å². The van der Waals surface area contributed by atoms with E-state index in [2.05, 4.69) is 4.98 Å². The highest BCUT2D eigenvalue weighted by molar-refractivity contribution is 7.89. The first-order valence-corrected chi connectivity index (χ1v) is 9.57. The van der Waals surface area contributed by atoms with Crippen LogP contribution >= 0.6 is 11.3 Å². The minimum absolute atomic E-state index is 0.0689. The zero-order valence-corrected chi connectivity index (χ0v) is 13.8. The Bertz CT molecular complexity index is 655. The van der Waals surface area contributed by atoms with Gasteiger partial charge >= 0.3 is 0 Å². The monoisotopic (exact) mass is 329 g/mol. The number of carbonyl (C=O) groups excluding carboxylic acids is 1. The fraction of sp³-hybridized carbons (Fsp3) is 0.692. The highest BCUT2D eigenvalue weighted by atomic mass is 32.2. The van der Waals surface area contributed by atoms with Crippen LogP contribution in [0.15, 0.2) is 5.38 Å². The summed E-state index contributed by atoms with van der Waals surface area (Å²) in [5.41, 5.74) is 0.920. The third-order valence-corrected chi connectivity index (χ3v) is 6.91. The van der Waals surface area contributed by atoms with Crippen molar-refractivity contribution in [2.45, 2.75) is 20.4 Å². The van der Waals surface area contributed by atoms with E-state index in [1.54, 1.807) is 18.3 Å². The number of amides is 1. The number of aromatic nitrogens is 1. The van der Waals surface area contributed by atoms with Gasteiger partial charge in [0.2, 0.25) is 15.9 Å². The Morgan fingerprint density at radius 3 is 2.71 bits per heavy atom. The highest BCUT2D eigenvalue weighted by Gasteiger charge is 2.48. The van der Waals surface area contributed by atoms with Crippen molar-refractivity contribution in [1.82, 2.24) is 14.2 Å². The summed E-state index contributed by atoms with van der Waals surface area (Å²) in [5, 5.41) is 2.97. The van der Waals surface area contributed by atoms with Gasteiger partial charge in [0.15, 0.2) is 0 Å². The van der Waals surface area contributed by atoms with Gasteiger partial charge in [-0.1, -0.05) is 0 Å². The second-order valence-electron chi connectivity index (χ2n) is 5.66. The molecule has 8 heteroatoms. The van der Waals surface area contributed by atoms with Crippen molar-refractivity contribution in [3.05, 3.63) is 16.1 Å². The van der Waals surface area contributed by atoms with Crippen LogP contribution in [0, 0.1) is 18.8 Å². The van der Waals surface area contributed by atoms with Crippen LogP contribution in [-0.4, -0.2) is 53.9 Å². The largest absolute Gasteiger partial charge is 0.336 e. The summed E-state index contributed by atoms with van der Waals surface area (Å²) in [6.07, 6.45) is 0. The van der Waals surface area contributed by atoms with Gasteiger partial charge < -0.3 is 4.90 Å². The number of nitrogens with zero attached hydrogens (tertiary/aromatic N) is 3. The first-order chi connectivity index (χ1) is 9.90. The molecule has 3 heterocycles. The number of thiazole rings is 1. The van der Waals surface area contributed by atoms with E-state index < -0.39 is 10.0 Å². The molecular weight excluding hydrogens is 310 g/mol. The molecule has 6 nitrogen and oxygen atoms in total. The molecular formula is C13H19N3O3S2. The van der Waals surface area contributed by atoms with E-state index in [-0.39, 0.29) is 23.5 Å². The molecule has 21 heavy (non-hydrogen) atoms. The molecule has 2 aliphatic rings. The summed E-state index contributed by atoms with van der Waals surface area (Å²) in [6, 6.07) is 0. The molecule has 2 aliphatic heterocycles. The predicted octanol–water partition coefficient (Wildman–Crippen LogP) is 0.691. The number of likely N-dealkylation sites (tertiary alicyclic amines) is 1. The number of fused-ring (bicyclic) bond motifs is 1. The van der Waals surface area contributed by atoms with E-state index in [1.165, 1.54) is 4.31 Å².